The number of ether oxygens (including phenoxy) is 1. The summed E-state index contributed by atoms with van der Waals surface area (Å²) in [4.78, 5) is 23.6. The minimum Gasteiger partial charge on any atom is -0.465 e. The van der Waals surface area contributed by atoms with Crippen molar-refractivity contribution in [3.05, 3.63) is 35.5 Å². The van der Waals surface area contributed by atoms with Gasteiger partial charge in [0.2, 0.25) is 0 Å². The summed E-state index contributed by atoms with van der Waals surface area (Å²) in [6.07, 6.45) is 0.774. The lowest BCUT2D eigenvalue weighted by atomic mass is 10.0. The second kappa shape index (κ2) is 5.10. The summed E-state index contributed by atoms with van der Waals surface area (Å²) in [5.41, 5.74) is 1.28. The summed E-state index contributed by atoms with van der Waals surface area (Å²) in [7, 11) is 1.32. The van der Waals surface area contributed by atoms with Crippen LogP contribution in [0, 0.1) is 0 Å². The van der Waals surface area contributed by atoms with E-state index in [0.717, 1.165) is 9.14 Å². The molecule has 0 saturated carbocycles. The first-order valence-corrected chi connectivity index (χ1v) is 7.47. The molecule has 0 spiro atoms. The van der Waals surface area contributed by atoms with Crippen molar-refractivity contribution in [1.82, 2.24) is 4.48 Å². The average molecular weight is 402 g/mol. The number of amides is 1. The number of fused-ring (bicyclic) bond motifs is 1. The van der Waals surface area contributed by atoms with Crippen molar-refractivity contribution in [1.29, 1.82) is 0 Å². The lowest BCUT2D eigenvalue weighted by Crippen LogP contribution is -2.60. The van der Waals surface area contributed by atoms with E-state index in [4.69, 9.17) is 4.74 Å². The molecular weight excluding hydrogens is 385 g/mol. The Morgan fingerprint density at radius 3 is 2.38 bits per heavy atom. The highest BCUT2D eigenvalue weighted by atomic mass is 127. The summed E-state index contributed by atoms with van der Waals surface area (Å²) in [5, 5.41) is 9.82. The van der Waals surface area contributed by atoms with E-state index in [1.54, 1.807) is 24.4 Å². The largest absolute Gasteiger partial charge is 0.524 e. The molecule has 2 rings (SSSR count). The van der Waals surface area contributed by atoms with Gasteiger partial charge < -0.3 is 9.84 Å². The predicted octanol–water partition coefficient (Wildman–Crippen LogP) is 4.00. The molecule has 21 heavy (non-hydrogen) atoms. The number of carbonyl (C=O) groups is 2. The molecule has 0 fully saturated rings. The number of halogens is 1. The van der Waals surface area contributed by atoms with Crippen molar-refractivity contribution >= 4 is 43.9 Å². The van der Waals surface area contributed by atoms with Crippen LogP contribution in [0.5, 0.6) is 0 Å². The predicted molar refractivity (Wildman–Crippen MR) is 89.4 cm³/mol. The monoisotopic (exact) mass is 402 g/mol. The van der Waals surface area contributed by atoms with Gasteiger partial charge in [0.1, 0.15) is 11.7 Å². The number of hydrogen-bond acceptors (Lipinski definition) is 3. The van der Waals surface area contributed by atoms with Crippen molar-refractivity contribution in [2.45, 2.75) is 26.3 Å². The van der Waals surface area contributed by atoms with E-state index in [1.165, 1.54) is 7.11 Å². The number of carbonyl (C=O) groups excluding carboxylic acids is 1. The fourth-order valence-corrected chi connectivity index (χ4v) is 3.44. The molecule has 0 aliphatic carbocycles. The molecule has 1 aromatic rings. The molecule has 1 N–H and O–H groups in total. The van der Waals surface area contributed by atoms with Crippen molar-refractivity contribution < 1.29 is 19.4 Å². The van der Waals surface area contributed by atoms with E-state index < -0.39 is 17.6 Å². The SMILES string of the molecule is COC(=O)c1ccc2c(c1)C(I)=C[N+]2(C(=O)O)C(C)(C)C. The Labute approximate surface area is 136 Å². The first kappa shape index (κ1) is 16.0. The van der Waals surface area contributed by atoms with Crippen LogP contribution in [0.25, 0.3) is 3.58 Å². The van der Waals surface area contributed by atoms with Crippen molar-refractivity contribution in [2.75, 3.05) is 7.11 Å². The zero-order chi connectivity index (χ0) is 16.0. The molecule has 1 aliphatic rings. The van der Waals surface area contributed by atoms with Crippen LogP contribution in [0.4, 0.5) is 10.5 Å². The maximum absolute atomic E-state index is 12.0. The summed E-state index contributed by atoms with van der Waals surface area (Å²) in [6.45, 7) is 5.64. The Hall–Kier alpha value is -1.41. The standard InChI is InChI=1S/C15H16INO4/c1-15(2,3)17(14(19)20)8-11(16)10-7-9(13(18)21-4)5-6-12(10)17/h5-8H,1-4H3/p+1. The third-order valence-electron chi connectivity index (χ3n) is 3.72. The van der Waals surface area contributed by atoms with E-state index in [2.05, 4.69) is 22.6 Å². The highest BCUT2D eigenvalue weighted by Crippen LogP contribution is 2.48. The second-order valence-corrected chi connectivity index (χ2v) is 7.04. The lowest BCUT2D eigenvalue weighted by Gasteiger charge is -2.38. The molecule has 6 heteroatoms. The van der Waals surface area contributed by atoms with Gasteiger partial charge in [-0.3, -0.25) is 0 Å². The molecular formula is C15H17INO4+. The number of hydrogen-bond donors (Lipinski definition) is 1. The number of nitrogens with zero attached hydrogens (tertiary/aromatic N) is 1. The Bertz CT molecular complexity index is 660. The van der Waals surface area contributed by atoms with Crippen molar-refractivity contribution in [3.63, 3.8) is 0 Å². The van der Waals surface area contributed by atoms with Crippen LogP contribution in [0.2, 0.25) is 0 Å². The van der Waals surface area contributed by atoms with E-state index in [1.807, 2.05) is 20.8 Å². The van der Waals surface area contributed by atoms with Gasteiger partial charge in [-0.15, -0.1) is 0 Å². The molecule has 0 bridgehead atoms. The highest BCUT2D eigenvalue weighted by Gasteiger charge is 2.53. The summed E-state index contributed by atoms with van der Waals surface area (Å²) in [6, 6.07) is 4.99. The minimum atomic E-state index is -0.943. The minimum absolute atomic E-state index is 0.290. The summed E-state index contributed by atoms with van der Waals surface area (Å²) in [5.74, 6) is -0.432. The van der Waals surface area contributed by atoms with Gasteiger partial charge >= 0.3 is 12.1 Å². The highest BCUT2D eigenvalue weighted by molar-refractivity contribution is 14.1. The third kappa shape index (κ3) is 2.26. The smallest absolute Gasteiger partial charge is 0.465 e. The molecule has 1 unspecified atom stereocenters. The maximum atomic E-state index is 12.0. The number of rotatable bonds is 1. The molecule has 0 saturated heterocycles. The molecule has 0 aromatic heterocycles. The van der Waals surface area contributed by atoms with Gasteiger partial charge in [0.15, 0.2) is 5.69 Å². The normalized spacial score (nSPS) is 20.7. The van der Waals surface area contributed by atoms with Crippen LogP contribution in [-0.4, -0.2) is 29.8 Å². The van der Waals surface area contributed by atoms with Crippen molar-refractivity contribution in [3.8, 4) is 0 Å². The number of quaternary nitrogens is 1. The van der Waals surface area contributed by atoms with Gasteiger partial charge in [-0.1, -0.05) is 0 Å². The number of methoxy groups -OCH3 is 1. The molecule has 112 valence electrons. The Kier molecular flexibility index (Phi) is 3.88. The lowest BCUT2D eigenvalue weighted by molar-refractivity contribution is 0.0600. The topological polar surface area (TPSA) is 63.6 Å². The molecule has 1 amide bonds. The molecule has 1 heterocycles. The zero-order valence-electron chi connectivity index (χ0n) is 12.3. The van der Waals surface area contributed by atoms with E-state index in [0.29, 0.717) is 11.3 Å². The van der Waals surface area contributed by atoms with Crippen LogP contribution in [0.3, 0.4) is 0 Å². The molecule has 1 atom stereocenters. The first-order valence-electron chi connectivity index (χ1n) is 6.39. The number of benzene rings is 1. The van der Waals surface area contributed by atoms with Gasteiger partial charge in [-0.2, -0.15) is 9.28 Å². The molecule has 0 radical (unpaired) electrons. The van der Waals surface area contributed by atoms with Crippen LogP contribution < -0.4 is 4.48 Å². The Morgan fingerprint density at radius 2 is 1.90 bits per heavy atom. The summed E-state index contributed by atoms with van der Waals surface area (Å²) < 4.78 is 5.24. The Morgan fingerprint density at radius 1 is 1.29 bits per heavy atom. The zero-order valence-corrected chi connectivity index (χ0v) is 14.5. The van der Waals surface area contributed by atoms with Gasteiger partial charge in [-0.25, -0.2) is 4.79 Å². The fourth-order valence-electron chi connectivity index (χ4n) is 2.59. The summed E-state index contributed by atoms with van der Waals surface area (Å²) >= 11 is 2.10. The van der Waals surface area contributed by atoms with Crippen LogP contribution in [0.1, 0.15) is 36.7 Å². The molecule has 1 aliphatic heterocycles. The van der Waals surface area contributed by atoms with E-state index in [9.17, 15) is 14.7 Å². The Balaban J connectivity index is 2.71. The fraction of sp³-hybridized carbons (Fsp3) is 0.333. The third-order valence-corrected chi connectivity index (χ3v) is 4.58. The van der Waals surface area contributed by atoms with Gasteiger partial charge in [0, 0.05) is 6.07 Å². The number of carboxylic acid groups (broad SMARTS) is 1. The average Bonchev–Trinajstić information content (AvgIpc) is 2.71. The number of esters is 1. The molecule has 1 aromatic carbocycles. The van der Waals surface area contributed by atoms with Gasteiger partial charge in [0.25, 0.3) is 0 Å². The van der Waals surface area contributed by atoms with Crippen LogP contribution >= 0.6 is 22.6 Å². The first-order chi connectivity index (χ1) is 9.65. The van der Waals surface area contributed by atoms with Gasteiger partial charge in [-0.05, 0) is 55.5 Å². The van der Waals surface area contributed by atoms with Gasteiger partial charge in [0.05, 0.1) is 21.8 Å². The second-order valence-electron chi connectivity index (χ2n) is 5.88. The quantitative estimate of drug-likeness (QED) is 0.438. The molecule has 5 nitrogen and oxygen atoms in total. The van der Waals surface area contributed by atoms with Crippen LogP contribution in [0.15, 0.2) is 24.4 Å². The van der Waals surface area contributed by atoms with E-state index >= 15 is 0 Å². The van der Waals surface area contributed by atoms with Crippen LogP contribution in [-0.2, 0) is 4.74 Å². The van der Waals surface area contributed by atoms with E-state index in [-0.39, 0.29) is 4.48 Å². The maximum Gasteiger partial charge on any atom is 0.524 e. The van der Waals surface area contributed by atoms with Crippen molar-refractivity contribution in [2.24, 2.45) is 0 Å².